The summed E-state index contributed by atoms with van der Waals surface area (Å²) < 4.78 is 10.0. The number of hydrogen-bond acceptors (Lipinski definition) is 6. The first-order valence-corrected chi connectivity index (χ1v) is 9.98. The van der Waals surface area contributed by atoms with E-state index in [-0.39, 0.29) is 17.8 Å². The molecular weight excluding hydrogens is 390 g/mol. The Balaban J connectivity index is 1.66. The lowest BCUT2D eigenvalue weighted by molar-refractivity contribution is -0.142. The molecule has 2 amide bonds. The number of amides is 2. The number of carbonyl (C=O) groups excluding carboxylic acids is 3. The van der Waals surface area contributed by atoms with E-state index >= 15 is 0 Å². The largest absolute Gasteiger partial charge is 0.481 e. The van der Waals surface area contributed by atoms with E-state index in [2.05, 4.69) is 4.74 Å². The predicted octanol–water partition coefficient (Wildman–Crippen LogP) is 3.91. The summed E-state index contributed by atoms with van der Waals surface area (Å²) in [5, 5.41) is -0.276. The summed E-state index contributed by atoms with van der Waals surface area (Å²) in [6.45, 7) is 0.139. The van der Waals surface area contributed by atoms with Gasteiger partial charge in [0, 0.05) is 12.1 Å². The first kappa shape index (κ1) is 20.7. The lowest BCUT2D eigenvalue weighted by atomic mass is 10.1. The van der Waals surface area contributed by atoms with Crippen LogP contribution in [-0.4, -0.2) is 42.3 Å². The lowest BCUT2D eigenvalue weighted by Crippen LogP contribution is -2.29. The van der Waals surface area contributed by atoms with Crippen molar-refractivity contribution in [1.82, 2.24) is 4.90 Å². The van der Waals surface area contributed by atoms with Gasteiger partial charge in [-0.15, -0.1) is 0 Å². The van der Waals surface area contributed by atoms with Crippen LogP contribution in [0.5, 0.6) is 5.75 Å². The molecule has 150 valence electrons. The van der Waals surface area contributed by atoms with Crippen molar-refractivity contribution in [3.63, 3.8) is 0 Å². The molecule has 1 heterocycles. The molecule has 1 aliphatic heterocycles. The Hall–Kier alpha value is -3.06. The van der Waals surface area contributed by atoms with E-state index in [0.29, 0.717) is 29.2 Å². The molecule has 0 aliphatic carbocycles. The summed E-state index contributed by atoms with van der Waals surface area (Å²) in [6.07, 6.45) is 3.12. The molecule has 2 aromatic carbocycles. The molecule has 0 unspecified atom stereocenters. The Labute approximate surface area is 173 Å². The molecule has 1 saturated heterocycles. The highest BCUT2D eigenvalue weighted by Gasteiger charge is 2.34. The maximum Gasteiger partial charge on any atom is 0.343 e. The summed E-state index contributed by atoms with van der Waals surface area (Å²) in [7, 11) is 1.28. The number of hydrogen-bond donors (Lipinski definition) is 0. The predicted molar refractivity (Wildman–Crippen MR) is 111 cm³/mol. The normalized spacial score (nSPS) is 15.1. The second-order valence-electron chi connectivity index (χ2n) is 6.33. The lowest BCUT2D eigenvalue weighted by Gasteiger charge is -2.12. The van der Waals surface area contributed by atoms with Gasteiger partial charge in [0.15, 0.2) is 6.61 Å². The number of imide groups is 1. The number of aryl methyl sites for hydroxylation is 1. The van der Waals surface area contributed by atoms with E-state index in [1.807, 2.05) is 30.3 Å². The molecule has 0 atom stereocenters. The Kier molecular flexibility index (Phi) is 7.08. The van der Waals surface area contributed by atoms with Gasteiger partial charge >= 0.3 is 5.97 Å². The number of benzene rings is 2. The quantitative estimate of drug-likeness (QED) is 0.484. The minimum absolute atomic E-state index is 0.234. The number of thioether (sulfide) groups is 1. The van der Waals surface area contributed by atoms with Crippen molar-refractivity contribution in [2.24, 2.45) is 0 Å². The maximum absolute atomic E-state index is 12.7. The highest BCUT2D eigenvalue weighted by Crippen LogP contribution is 2.34. The topological polar surface area (TPSA) is 72.9 Å². The Morgan fingerprint density at radius 1 is 1.07 bits per heavy atom. The van der Waals surface area contributed by atoms with Crippen molar-refractivity contribution in [3.05, 3.63) is 70.6 Å². The molecule has 2 aromatic rings. The molecule has 0 aromatic heterocycles. The molecule has 0 N–H and O–H groups in total. The maximum atomic E-state index is 12.7. The smallest absolute Gasteiger partial charge is 0.343 e. The van der Waals surface area contributed by atoms with Gasteiger partial charge in [0.05, 0.1) is 12.0 Å². The molecular formula is C22H21NO5S. The average Bonchev–Trinajstić information content (AvgIpc) is 3.01. The zero-order valence-electron chi connectivity index (χ0n) is 16.0. The summed E-state index contributed by atoms with van der Waals surface area (Å²) in [6, 6.07) is 17.0. The number of ether oxygens (including phenoxy) is 2. The third-order valence-electron chi connectivity index (χ3n) is 4.34. The van der Waals surface area contributed by atoms with E-state index in [1.54, 1.807) is 30.3 Å². The molecule has 0 saturated carbocycles. The molecule has 29 heavy (non-hydrogen) atoms. The number of carbonyl (C=O) groups is 3. The molecule has 7 heteroatoms. The first-order chi connectivity index (χ1) is 14.1. The highest BCUT2D eigenvalue weighted by atomic mass is 32.2. The average molecular weight is 411 g/mol. The molecule has 1 fully saturated rings. The van der Waals surface area contributed by atoms with Crippen LogP contribution in [0.1, 0.15) is 17.5 Å². The summed E-state index contributed by atoms with van der Waals surface area (Å²) in [4.78, 5) is 37.9. The third-order valence-corrected chi connectivity index (χ3v) is 5.25. The van der Waals surface area contributed by atoms with Crippen LogP contribution in [0.2, 0.25) is 0 Å². The molecule has 0 spiro atoms. The van der Waals surface area contributed by atoms with E-state index in [1.165, 1.54) is 17.6 Å². The monoisotopic (exact) mass is 411 g/mol. The zero-order valence-corrected chi connectivity index (χ0v) is 16.8. The number of para-hydroxylation sites is 1. The fourth-order valence-electron chi connectivity index (χ4n) is 2.85. The van der Waals surface area contributed by atoms with Gasteiger partial charge in [0.2, 0.25) is 0 Å². The van der Waals surface area contributed by atoms with Gasteiger partial charge in [-0.1, -0.05) is 48.5 Å². The molecule has 0 radical (unpaired) electrons. The van der Waals surface area contributed by atoms with E-state index in [9.17, 15) is 14.4 Å². The van der Waals surface area contributed by atoms with Crippen molar-refractivity contribution < 1.29 is 23.9 Å². The van der Waals surface area contributed by atoms with Gasteiger partial charge in [0.1, 0.15) is 5.75 Å². The molecule has 3 rings (SSSR count). The summed E-state index contributed by atoms with van der Waals surface area (Å²) in [5.41, 5.74) is 1.79. The summed E-state index contributed by atoms with van der Waals surface area (Å²) >= 11 is 0.912. The zero-order chi connectivity index (χ0) is 20.6. The standard InChI is InChI=1S/C22H21NO5S/c1-27-20(24)15-28-18-12-6-5-11-17(18)14-19-21(25)23(22(26)29-19)13-7-10-16-8-3-2-4-9-16/h2-6,8-9,11-12,14H,7,10,13,15H2,1H3/b19-14+. The van der Waals surface area contributed by atoms with Crippen LogP contribution in [0.15, 0.2) is 59.5 Å². The minimum Gasteiger partial charge on any atom is -0.481 e. The van der Waals surface area contributed by atoms with E-state index < -0.39 is 5.97 Å². The molecule has 0 bridgehead atoms. The van der Waals surface area contributed by atoms with Gasteiger partial charge < -0.3 is 9.47 Å². The van der Waals surface area contributed by atoms with Crippen LogP contribution in [0.25, 0.3) is 6.08 Å². The van der Waals surface area contributed by atoms with Crippen LogP contribution in [-0.2, 0) is 20.7 Å². The van der Waals surface area contributed by atoms with Gasteiger partial charge in [-0.2, -0.15) is 0 Å². The number of esters is 1. The van der Waals surface area contributed by atoms with Crippen molar-refractivity contribution in [2.75, 3.05) is 20.3 Å². The molecule has 1 aliphatic rings. The van der Waals surface area contributed by atoms with E-state index in [4.69, 9.17) is 4.74 Å². The van der Waals surface area contributed by atoms with Crippen molar-refractivity contribution >= 4 is 35.0 Å². The van der Waals surface area contributed by atoms with Crippen LogP contribution in [0.4, 0.5) is 4.79 Å². The van der Waals surface area contributed by atoms with Crippen LogP contribution in [0, 0.1) is 0 Å². The minimum atomic E-state index is -0.501. The van der Waals surface area contributed by atoms with Gasteiger partial charge in [-0.25, -0.2) is 4.79 Å². The fraction of sp³-hybridized carbons (Fsp3) is 0.227. The number of nitrogens with zero attached hydrogens (tertiary/aromatic N) is 1. The fourth-order valence-corrected chi connectivity index (χ4v) is 3.70. The van der Waals surface area contributed by atoms with Crippen molar-refractivity contribution in [1.29, 1.82) is 0 Å². The second-order valence-corrected chi connectivity index (χ2v) is 7.32. The van der Waals surface area contributed by atoms with Gasteiger partial charge in [-0.05, 0) is 42.3 Å². The SMILES string of the molecule is COC(=O)COc1ccccc1/C=C1/SC(=O)N(CCCc2ccccc2)C1=O. The number of rotatable bonds is 8. The second kappa shape index (κ2) is 9.93. The van der Waals surface area contributed by atoms with Crippen molar-refractivity contribution in [2.45, 2.75) is 12.8 Å². The highest BCUT2D eigenvalue weighted by molar-refractivity contribution is 8.18. The van der Waals surface area contributed by atoms with Crippen LogP contribution < -0.4 is 4.74 Å². The Bertz CT molecular complexity index is 926. The molecule has 6 nitrogen and oxygen atoms in total. The van der Waals surface area contributed by atoms with Gasteiger partial charge in [0.25, 0.3) is 11.1 Å². The summed E-state index contributed by atoms with van der Waals surface area (Å²) in [5.74, 6) is -0.372. The Morgan fingerprint density at radius 2 is 1.79 bits per heavy atom. The Morgan fingerprint density at radius 3 is 2.55 bits per heavy atom. The first-order valence-electron chi connectivity index (χ1n) is 9.16. The van der Waals surface area contributed by atoms with Crippen LogP contribution >= 0.6 is 11.8 Å². The van der Waals surface area contributed by atoms with Crippen molar-refractivity contribution in [3.8, 4) is 5.75 Å². The third kappa shape index (κ3) is 5.48. The van der Waals surface area contributed by atoms with Gasteiger partial charge in [-0.3, -0.25) is 14.5 Å². The number of methoxy groups -OCH3 is 1. The van der Waals surface area contributed by atoms with Crippen LogP contribution in [0.3, 0.4) is 0 Å². The van der Waals surface area contributed by atoms with E-state index in [0.717, 1.165) is 18.2 Å².